The molecule has 0 unspecified atom stereocenters. The molecule has 0 radical (unpaired) electrons. The van der Waals surface area contributed by atoms with Gasteiger partial charge in [-0.25, -0.2) is 4.79 Å². The average molecular weight is 268 g/mol. The summed E-state index contributed by atoms with van der Waals surface area (Å²) in [5.41, 5.74) is 2.15. The number of ketones is 1. The lowest BCUT2D eigenvalue weighted by molar-refractivity contribution is -0.120. The minimum absolute atomic E-state index is 0.103. The molecule has 0 bridgehead atoms. The summed E-state index contributed by atoms with van der Waals surface area (Å²) in [5.74, 6) is -0.918. The second-order valence-corrected chi connectivity index (χ2v) is 4.32. The van der Waals surface area contributed by atoms with Crippen molar-refractivity contribution >= 4 is 18.2 Å². The minimum Gasteiger partial charge on any atom is -0.478 e. The lowest BCUT2D eigenvalue weighted by atomic mass is 10.0. The summed E-state index contributed by atoms with van der Waals surface area (Å²) in [5, 5.41) is 9.01. The van der Waals surface area contributed by atoms with Crippen molar-refractivity contribution in [2.45, 2.75) is 0 Å². The summed E-state index contributed by atoms with van der Waals surface area (Å²) in [7, 11) is 0. The predicted octanol–water partition coefficient (Wildman–Crippen LogP) is 2.13. The maximum absolute atomic E-state index is 12.2. The van der Waals surface area contributed by atoms with Crippen LogP contribution in [0.4, 0.5) is 0 Å². The second-order valence-electron chi connectivity index (χ2n) is 4.32. The van der Waals surface area contributed by atoms with Crippen molar-refractivity contribution in [1.29, 1.82) is 0 Å². The normalized spacial score (nSPS) is 11.7. The van der Waals surface area contributed by atoms with Gasteiger partial charge in [0, 0.05) is 11.1 Å². The molecule has 1 N–H and O–H groups in total. The number of carboxylic acid groups (broad SMARTS) is 1. The van der Waals surface area contributed by atoms with Crippen molar-refractivity contribution < 1.29 is 24.2 Å². The van der Waals surface area contributed by atoms with E-state index < -0.39 is 5.97 Å². The standard InChI is InChI=1S/C15H8O5/c16-7-20-9-2-4-11-13(6-9)12-5-8(15(18)19)1-3-10(12)14(11)17/h1-7H,(H,18,19). The summed E-state index contributed by atoms with van der Waals surface area (Å²) in [4.78, 5) is 33.5. The van der Waals surface area contributed by atoms with Gasteiger partial charge in [0.15, 0.2) is 5.78 Å². The Morgan fingerprint density at radius 3 is 2.30 bits per heavy atom. The van der Waals surface area contributed by atoms with E-state index in [-0.39, 0.29) is 11.3 Å². The van der Waals surface area contributed by atoms with Crippen LogP contribution in [0.25, 0.3) is 11.1 Å². The van der Waals surface area contributed by atoms with E-state index in [2.05, 4.69) is 0 Å². The first-order valence-electron chi connectivity index (χ1n) is 5.78. The Bertz CT molecular complexity index is 761. The Hall–Kier alpha value is -2.95. The van der Waals surface area contributed by atoms with Crippen molar-refractivity contribution in [3.8, 4) is 16.9 Å². The fourth-order valence-electron chi connectivity index (χ4n) is 2.32. The number of rotatable bonds is 3. The van der Waals surface area contributed by atoms with Gasteiger partial charge in [-0.1, -0.05) is 0 Å². The molecule has 20 heavy (non-hydrogen) atoms. The molecule has 1 aliphatic carbocycles. The molecule has 0 spiro atoms. The number of carbonyl (C=O) groups is 3. The molecule has 2 aromatic rings. The van der Waals surface area contributed by atoms with Crippen LogP contribution >= 0.6 is 0 Å². The van der Waals surface area contributed by atoms with Crippen LogP contribution in [0.1, 0.15) is 26.3 Å². The van der Waals surface area contributed by atoms with Gasteiger partial charge in [-0.2, -0.15) is 0 Å². The fraction of sp³-hybridized carbons (Fsp3) is 0. The van der Waals surface area contributed by atoms with Gasteiger partial charge in [0.2, 0.25) is 0 Å². The van der Waals surface area contributed by atoms with Gasteiger partial charge in [-0.3, -0.25) is 9.59 Å². The first kappa shape index (κ1) is 12.1. The van der Waals surface area contributed by atoms with Crippen LogP contribution in [0.2, 0.25) is 0 Å². The summed E-state index contributed by atoms with van der Waals surface area (Å²) in [6, 6.07) is 8.99. The molecule has 0 amide bonds. The topological polar surface area (TPSA) is 80.7 Å². The zero-order valence-corrected chi connectivity index (χ0v) is 10.1. The summed E-state index contributed by atoms with van der Waals surface area (Å²) >= 11 is 0. The zero-order valence-electron chi connectivity index (χ0n) is 10.1. The van der Waals surface area contributed by atoms with E-state index in [9.17, 15) is 14.4 Å². The molecule has 0 saturated carbocycles. The molecule has 5 heteroatoms. The minimum atomic E-state index is -1.06. The van der Waals surface area contributed by atoms with Crippen LogP contribution in [0.3, 0.4) is 0 Å². The zero-order chi connectivity index (χ0) is 14.3. The van der Waals surface area contributed by atoms with Crippen LogP contribution in [0.5, 0.6) is 5.75 Å². The van der Waals surface area contributed by atoms with Crippen molar-refractivity contribution in [1.82, 2.24) is 0 Å². The van der Waals surface area contributed by atoms with Crippen molar-refractivity contribution in [2.75, 3.05) is 0 Å². The van der Waals surface area contributed by atoms with Gasteiger partial charge >= 0.3 is 5.97 Å². The number of carboxylic acids is 1. The Morgan fingerprint density at radius 1 is 1.00 bits per heavy atom. The molecule has 0 fully saturated rings. The highest BCUT2D eigenvalue weighted by atomic mass is 16.5. The van der Waals surface area contributed by atoms with E-state index >= 15 is 0 Å². The molecule has 2 aromatic carbocycles. The number of fused-ring (bicyclic) bond motifs is 3. The molecule has 1 aliphatic rings. The lowest BCUT2D eigenvalue weighted by Gasteiger charge is -2.03. The predicted molar refractivity (Wildman–Crippen MR) is 69.0 cm³/mol. The maximum Gasteiger partial charge on any atom is 0.335 e. The van der Waals surface area contributed by atoms with E-state index in [1.807, 2.05) is 0 Å². The van der Waals surface area contributed by atoms with Crippen LogP contribution in [0.15, 0.2) is 36.4 Å². The molecular weight excluding hydrogens is 260 g/mol. The molecule has 5 nitrogen and oxygen atoms in total. The Kier molecular flexibility index (Phi) is 2.61. The van der Waals surface area contributed by atoms with Gasteiger partial charge in [-0.05, 0) is 47.5 Å². The molecule has 0 aromatic heterocycles. The van der Waals surface area contributed by atoms with Crippen molar-refractivity contribution in [2.24, 2.45) is 0 Å². The fourth-order valence-corrected chi connectivity index (χ4v) is 2.32. The van der Waals surface area contributed by atoms with Gasteiger partial charge in [0.05, 0.1) is 5.56 Å². The highest BCUT2D eigenvalue weighted by molar-refractivity contribution is 6.22. The van der Waals surface area contributed by atoms with E-state index in [4.69, 9.17) is 9.84 Å². The first-order chi connectivity index (χ1) is 9.61. The third-order valence-corrected chi connectivity index (χ3v) is 3.22. The highest BCUT2D eigenvalue weighted by Crippen LogP contribution is 2.39. The highest BCUT2D eigenvalue weighted by Gasteiger charge is 2.27. The first-order valence-corrected chi connectivity index (χ1v) is 5.78. The largest absolute Gasteiger partial charge is 0.478 e. The van der Waals surface area contributed by atoms with Crippen LogP contribution in [-0.4, -0.2) is 23.3 Å². The SMILES string of the molecule is O=COc1ccc2c(c1)-c1cc(C(=O)O)ccc1C2=O. The summed E-state index contributed by atoms with van der Waals surface area (Å²) < 4.78 is 4.75. The molecule has 0 heterocycles. The van der Waals surface area contributed by atoms with E-state index in [1.165, 1.54) is 24.3 Å². The van der Waals surface area contributed by atoms with Gasteiger partial charge < -0.3 is 9.84 Å². The average Bonchev–Trinajstić information content (AvgIpc) is 2.72. The van der Waals surface area contributed by atoms with E-state index in [0.29, 0.717) is 34.5 Å². The summed E-state index contributed by atoms with van der Waals surface area (Å²) in [6.45, 7) is 0.299. The molecular formula is C15H8O5. The number of benzene rings is 2. The monoisotopic (exact) mass is 268 g/mol. The third kappa shape index (κ3) is 1.68. The Labute approximate surface area is 113 Å². The van der Waals surface area contributed by atoms with E-state index in [1.54, 1.807) is 12.1 Å². The second kappa shape index (κ2) is 4.31. The molecule has 0 saturated heterocycles. The lowest BCUT2D eigenvalue weighted by Crippen LogP contribution is -1.98. The quantitative estimate of drug-likeness (QED) is 0.736. The van der Waals surface area contributed by atoms with Gasteiger partial charge in [0.25, 0.3) is 6.47 Å². The number of carbonyl (C=O) groups excluding carboxylic acids is 2. The number of hydrogen-bond donors (Lipinski definition) is 1. The molecule has 3 rings (SSSR count). The Balaban J connectivity index is 2.22. The van der Waals surface area contributed by atoms with Gasteiger partial charge in [-0.15, -0.1) is 0 Å². The number of hydrogen-bond acceptors (Lipinski definition) is 4. The van der Waals surface area contributed by atoms with E-state index in [0.717, 1.165) is 0 Å². The van der Waals surface area contributed by atoms with Gasteiger partial charge in [0.1, 0.15) is 5.75 Å². The van der Waals surface area contributed by atoms with Crippen molar-refractivity contribution in [3.05, 3.63) is 53.1 Å². The van der Waals surface area contributed by atoms with Crippen LogP contribution < -0.4 is 4.74 Å². The third-order valence-electron chi connectivity index (χ3n) is 3.22. The Morgan fingerprint density at radius 2 is 1.65 bits per heavy atom. The number of ether oxygens (including phenoxy) is 1. The maximum atomic E-state index is 12.2. The van der Waals surface area contributed by atoms with Crippen LogP contribution in [-0.2, 0) is 4.79 Å². The summed E-state index contributed by atoms with van der Waals surface area (Å²) in [6.07, 6.45) is 0. The number of aromatic carboxylic acids is 1. The smallest absolute Gasteiger partial charge is 0.335 e. The molecule has 0 aliphatic heterocycles. The molecule has 0 atom stereocenters. The van der Waals surface area contributed by atoms with Crippen molar-refractivity contribution in [3.63, 3.8) is 0 Å². The molecule has 98 valence electrons. The van der Waals surface area contributed by atoms with Crippen LogP contribution in [0, 0.1) is 0 Å².